The number of carbonyl (C=O) groups is 1. The van der Waals surface area contributed by atoms with E-state index in [-0.39, 0.29) is 12.0 Å². The second-order valence-corrected chi connectivity index (χ2v) is 5.76. The first-order valence-electron chi connectivity index (χ1n) is 6.67. The number of hydrogen-bond acceptors (Lipinski definition) is 5. The normalized spacial score (nSPS) is 19.2. The van der Waals surface area contributed by atoms with Gasteiger partial charge in [-0.05, 0) is 17.5 Å². The molecule has 3 rings (SSSR count). The summed E-state index contributed by atoms with van der Waals surface area (Å²) in [7, 11) is 0. The summed E-state index contributed by atoms with van der Waals surface area (Å²) in [6.45, 7) is 4.42. The number of carbonyl (C=O) groups excluding carboxylic acids is 1. The van der Waals surface area contributed by atoms with Gasteiger partial charge in [0, 0.05) is 32.8 Å². The summed E-state index contributed by atoms with van der Waals surface area (Å²) in [4.78, 5) is 17.7. The molecular formula is C14H17N3O2S. The van der Waals surface area contributed by atoms with Gasteiger partial charge in [-0.1, -0.05) is 0 Å². The second kappa shape index (κ2) is 5.76. The Hall–Kier alpha value is -1.66. The molecule has 2 aromatic heterocycles. The van der Waals surface area contributed by atoms with E-state index in [0.29, 0.717) is 13.2 Å². The lowest BCUT2D eigenvalue weighted by molar-refractivity contribution is -0.119. The number of hydrogen-bond donors (Lipinski definition) is 1. The van der Waals surface area contributed by atoms with Gasteiger partial charge in [0.15, 0.2) is 0 Å². The molecule has 3 heterocycles. The number of thiophene rings is 1. The Morgan fingerprint density at radius 1 is 1.60 bits per heavy atom. The highest BCUT2D eigenvalue weighted by atomic mass is 32.1. The Balaban J connectivity index is 1.76. The quantitative estimate of drug-likeness (QED) is 0.934. The first-order valence-corrected chi connectivity index (χ1v) is 7.55. The highest BCUT2D eigenvalue weighted by molar-refractivity contribution is 7.17. The maximum atomic E-state index is 11.0. The van der Waals surface area contributed by atoms with Crippen LogP contribution in [0, 0.1) is 0 Å². The minimum atomic E-state index is -0.0183. The Labute approximate surface area is 121 Å². The molecule has 20 heavy (non-hydrogen) atoms. The first kappa shape index (κ1) is 13.3. The molecular weight excluding hydrogens is 274 g/mol. The van der Waals surface area contributed by atoms with Crippen molar-refractivity contribution in [3.63, 3.8) is 0 Å². The van der Waals surface area contributed by atoms with E-state index in [2.05, 4.69) is 26.6 Å². The van der Waals surface area contributed by atoms with Crippen LogP contribution in [-0.4, -0.2) is 43.2 Å². The molecule has 5 nitrogen and oxygen atoms in total. The molecule has 0 radical (unpaired) electrons. The van der Waals surface area contributed by atoms with E-state index in [1.165, 1.54) is 17.3 Å². The van der Waals surface area contributed by atoms with E-state index >= 15 is 0 Å². The van der Waals surface area contributed by atoms with Gasteiger partial charge in [-0.25, -0.2) is 0 Å². The van der Waals surface area contributed by atoms with Crippen molar-refractivity contribution in [2.45, 2.75) is 13.0 Å². The maximum absolute atomic E-state index is 11.0. The molecule has 1 amide bonds. The van der Waals surface area contributed by atoms with Gasteiger partial charge < -0.3 is 15.0 Å². The zero-order valence-electron chi connectivity index (χ0n) is 11.3. The first-order chi connectivity index (χ1) is 9.74. The Morgan fingerprint density at radius 2 is 2.50 bits per heavy atom. The predicted molar refractivity (Wildman–Crippen MR) is 80.3 cm³/mol. The van der Waals surface area contributed by atoms with Crippen LogP contribution in [-0.2, 0) is 9.53 Å². The van der Waals surface area contributed by atoms with Crippen molar-refractivity contribution in [1.82, 2.24) is 10.3 Å². The van der Waals surface area contributed by atoms with Gasteiger partial charge in [0.05, 0.1) is 28.6 Å². The van der Waals surface area contributed by atoms with Gasteiger partial charge >= 0.3 is 0 Å². The fourth-order valence-corrected chi connectivity index (χ4v) is 3.32. The van der Waals surface area contributed by atoms with Crippen LogP contribution in [0.3, 0.4) is 0 Å². The maximum Gasteiger partial charge on any atom is 0.216 e. The van der Waals surface area contributed by atoms with Crippen LogP contribution in [0.5, 0.6) is 0 Å². The molecule has 106 valence electrons. The van der Waals surface area contributed by atoms with Crippen LogP contribution >= 0.6 is 11.3 Å². The third kappa shape index (κ3) is 2.76. The Morgan fingerprint density at radius 3 is 3.35 bits per heavy atom. The molecule has 0 aromatic carbocycles. The molecule has 2 aromatic rings. The van der Waals surface area contributed by atoms with Gasteiger partial charge in [0.2, 0.25) is 5.91 Å². The summed E-state index contributed by atoms with van der Waals surface area (Å²) in [5.41, 5.74) is 2.25. The van der Waals surface area contributed by atoms with Crippen molar-refractivity contribution >= 4 is 33.1 Å². The minimum absolute atomic E-state index is 0.0183. The Bertz CT molecular complexity index is 613. The fourth-order valence-electron chi connectivity index (χ4n) is 2.43. The van der Waals surface area contributed by atoms with Crippen molar-refractivity contribution in [3.8, 4) is 0 Å². The largest absolute Gasteiger partial charge is 0.373 e. The minimum Gasteiger partial charge on any atom is -0.373 e. The average molecular weight is 291 g/mol. The number of nitrogens with zero attached hydrogens (tertiary/aromatic N) is 2. The molecule has 0 aliphatic carbocycles. The molecule has 1 aliphatic rings. The summed E-state index contributed by atoms with van der Waals surface area (Å²) >= 11 is 1.71. The van der Waals surface area contributed by atoms with E-state index < -0.39 is 0 Å². The number of ether oxygens (including phenoxy) is 1. The monoisotopic (exact) mass is 291 g/mol. The SMILES string of the molecule is CC(=O)NC[C@@H]1CN(c2ccnc3ccsc23)CCO1. The van der Waals surface area contributed by atoms with Crippen molar-refractivity contribution in [1.29, 1.82) is 0 Å². The standard InChI is InChI=1S/C14H17N3O2S/c1-10(18)16-8-11-9-17(5-6-19-11)13-2-4-15-12-3-7-20-14(12)13/h2-4,7,11H,5-6,8-9H2,1H3,(H,16,18)/t11-/m1/s1. The van der Waals surface area contributed by atoms with Gasteiger partial charge in [-0.2, -0.15) is 0 Å². The van der Waals surface area contributed by atoms with E-state index in [0.717, 1.165) is 18.6 Å². The molecule has 1 saturated heterocycles. The second-order valence-electron chi connectivity index (χ2n) is 4.84. The molecule has 1 N–H and O–H groups in total. The predicted octanol–water partition coefficient (Wildman–Crippen LogP) is 1.64. The molecule has 1 fully saturated rings. The van der Waals surface area contributed by atoms with Crippen molar-refractivity contribution in [2.24, 2.45) is 0 Å². The smallest absolute Gasteiger partial charge is 0.216 e. The summed E-state index contributed by atoms with van der Waals surface area (Å²) in [6.07, 6.45) is 1.89. The number of nitrogens with one attached hydrogen (secondary N) is 1. The zero-order valence-corrected chi connectivity index (χ0v) is 12.2. The van der Waals surface area contributed by atoms with Crippen LogP contribution in [0.4, 0.5) is 5.69 Å². The highest BCUT2D eigenvalue weighted by Gasteiger charge is 2.22. The lowest BCUT2D eigenvalue weighted by atomic mass is 10.2. The Kier molecular flexibility index (Phi) is 3.84. The molecule has 0 spiro atoms. The topological polar surface area (TPSA) is 54.5 Å². The number of rotatable bonds is 3. The summed E-state index contributed by atoms with van der Waals surface area (Å²) < 4.78 is 6.92. The average Bonchev–Trinajstić information content (AvgIpc) is 2.93. The van der Waals surface area contributed by atoms with E-state index in [1.54, 1.807) is 11.3 Å². The fraction of sp³-hybridized carbons (Fsp3) is 0.429. The lowest BCUT2D eigenvalue weighted by Crippen LogP contribution is -2.47. The summed E-state index contributed by atoms with van der Waals surface area (Å²) in [6, 6.07) is 4.10. The van der Waals surface area contributed by atoms with Crippen LogP contribution in [0.15, 0.2) is 23.7 Å². The third-order valence-electron chi connectivity index (χ3n) is 3.38. The molecule has 1 atom stereocenters. The van der Waals surface area contributed by atoms with Gasteiger partial charge in [-0.15, -0.1) is 11.3 Å². The molecule has 0 saturated carbocycles. The zero-order chi connectivity index (χ0) is 13.9. The molecule has 6 heteroatoms. The highest BCUT2D eigenvalue weighted by Crippen LogP contribution is 2.30. The van der Waals surface area contributed by atoms with Crippen LogP contribution < -0.4 is 10.2 Å². The van der Waals surface area contributed by atoms with E-state index in [4.69, 9.17) is 4.74 Å². The van der Waals surface area contributed by atoms with Crippen molar-refractivity contribution in [2.75, 3.05) is 31.1 Å². The number of aromatic nitrogens is 1. The summed E-state index contributed by atoms with van der Waals surface area (Å²) in [5.74, 6) is -0.0183. The molecule has 0 bridgehead atoms. The number of amides is 1. The van der Waals surface area contributed by atoms with Crippen molar-refractivity contribution in [3.05, 3.63) is 23.7 Å². The third-order valence-corrected chi connectivity index (χ3v) is 4.31. The van der Waals surface area contributed by atoms with Gasteiger partial charge in [-0.3, -0.25) is 9.78 Å². The van der Waals surface area contributed by atoms with E-state index in [9.17, 15) is 4.79 Å². The van der Waals surface area contributed by atoms with Crippen molar-refractivity contribution < 1.29 is 9.53 Å². The number of fused-ring (bicyclic) bond motifs is 1. The van der Waals surface area contributed by atoms with Crippen LogP contribution in [0.1, 0.15) is 6.92 Å². The number of morpholine rings is 1. The number of pyridine rings is 1. The summed E-state index contributed by atoms with van der Waals surface area (Å²) in [5, 5.41) is 4.88. The lowest BCUT2D eigenvalue weighted by Gasteiger charge is -2.34. The van der Waals surface area contributed by atoms with E-state index in [1.807, 2.05) is 12.3 Å². The molecule has 0 unspecified atom stereocenters. The van der Waals surface area contributed by atoms with Crippen LogP contribution in [0.2, 0.25) is 0 Å². The molecule has 1 aliphatic heterocycles. The number of anilines is 1. The van der Waals surface area contributed by atoms with Gasteiger partial charge in [0.1, 0.15) is 0 Å². The van der Waals surface area contributed by atoms with Gasteiger partial charge in [0.25, 0.3) is 0 Å². The van der Waals surface area contributed by atoms with Crippen LogP contribution in [0.25, 0.3) is 10.2 Å².